The zero-order valence-electron chi connectivity index (χ0n) is 16.3. The van der Waals surface area contributed by atoms with Crippen molar-refractivity contribution in [3.63, 3.8) is 0 Å². The molecule has 7 nitrogen and oxygen atoms in total. The van der Waals surface area contributed by atoms with Crippen molar-refractivity contribution in [3.05, 3.63) is 45.6 Å². The van der Waals surface area contributed by atoms with Gasteiger partial charge in [-0.05, 0) is 54.0 Å². The van der Waals surface area contributed by atoms with E-state index >= 15 is 0 Å². The summed E-state index contributed by atoms with van der Waals surface area (Å²) in [6.07, 6.45) is 1.82. The Balaban J connectivity index is 1.47. The van der Waals surface area contributed by atoms with Gasteiger partial charge in [-0.3, -0.25) is 4.79 Å². The Bertz CT molecular complexity index is 1220. The summed E-state index contributed by atoms with van der Waals surface area (Å²) >= 11 is 1.39. The van der Waals surface area contributed by atoms with E-state index in [1.54, 1.807) is 23.1 Å². The third-order valence-corrected chi connectivity index (χ3v) is 11.3. The Morgan fingerprint density at radius 1 is 1.03 bits per heavy atom. The van der Waals surface area contributed by atoms with Gasteiger partial charge in [0, 0.05) is 30.9 Å². The maximum Gasteiger partial charge on any atom is 0.243 e. The standard InChI is InChI=1S/C20H22N2O5S3/c23-19-4-3-14-12-16(13-15-5-8-22(19)20(14)15)30(26,27)21-7-6-18(17-2-1-10-28-17)29(24,25)11-9-21/h1-2,10,12-13,18H,3-9,11H2. The number of rotatable bonds is 3. The Kier molecular flexibility index (Phi) is 4.81. The predicted octanol–water partition coefficient (Wildman–Crippen LogP) is 2.13. The number of amides is 1. The number of sulfone groups is 1. The highest BCUT2D eigenvalue weighted by Gasteiger charge is 2.38. The van der Waals surface area contributed by atoms with Crippen molar-refractivity contribution in [1.82, 2.24) is 4.31 Å². The second-order valence-corrected chi connectivity index (χ2v) is 13.2. The van der Waals surface area contributed by atoms with E-state index in [9.17, 15) is 21.6 Å². The molecule has 2 aromatic rings. The summed E-state index contributed by atoms with van der Waals surface area (Å²) in [5, 5.41) is 1.19. The van der Waals surface area contributed by atoms with E-state index in [1.807, 2.05) is 11.4 Å². The molecule has 4 heterocycles. The number of aryl methyl sites for hydroxylation is 1. The zero-order chi connectivity index (χ0) is 21.1. The van der Waals surface area contributed by atoms with Gasteiger partial charge >= 0.3 is 0 Å². The molecule has 0 bridgehead atoms. The van der Waals surface area contributed by atoms with Crippen LogP contribution >= 0.6 is 11.3 Å². The van der Waals surface area contributed by atoms with Crippen molar-refractivity contribution in [1.29, 1.82) is 0 Å². The molecule has 1 saturated heterocycles. The smallest absolute Gasteiger partial charge is 0.243 e. The van der Waals surface area contributed by atoms with Crippen LogP contribution in [0.2, 0.25) is 0 Å². The molecule has 160 valence electrons. The van der Waals surface area contributed by atoms with Crippen LogP contribution in [0.15, 0.2) is 34.5 Å². The van der Waals surface area contributed by atoms with Crippen LogP contribution in [0.1, 0.15) is 34.1 Å². The molecule has 0 radical (unpaired) electrons. The van der Waals surface area contributed by atoms with Crippen LogP contribution in [0.5, 0.6) is 0 Å². The van der Waals surface area contributed by atoms with Crippen LogP contribution in [-0.4, -0.2) is 52.4 Å². The van der Waals surface area contributed by atoms with Gasteiger partial charge in [0.2, 0.25) is 15.9 Å². The second-order valence-electron chi connectivity index (χ2n) is 7.95. The van der Waals surface area contributed by atoms with E-state index in [1.165, 1.54) is 15.6 Å². The molecule has 1 fully saturated rings. The summed E-state index contributed by atoms with van der Waals surface area (Å²) in [6, 6.07) is 6.96. The Morgan fingerprint density at radius 2 is 1.80 bits per heavy atom. The Hall–Kier alpha value is -1.75. The maximum atomic E-state index is 13.4. The van der Waals surface area contributed by atoms with Crippen molar-refractivity contribution in [2.24, 2.45) is 0 Å². The minimum absolute atomic E-state index is 0.0381. The van der Waals surface area contributed by atoms with Gasteiger partial charge in [0.25, 0.3) is 0 Å². The number of hydrogen-bond donors (Lipinski definition) is 0. The molecule has 10 heteroatoms. The van der Waals surface area contributed by atoms with Crippen LogP contribution in [0.4, 0.5) is 5.69 Å². The van der Waals surface area contributed by atoms with Gasteiger partial charge in [0.05, 0.1) is 21.6 Å². The summed E-state index contributed by atoms with van der Waals surface area (Å²) in [6.45, 7) is 0.722. The summed E-state index contributed by atoms with van der Waals surface area (Å²) in [5.41, 5.74) is 2.65. The van der Waals surface area contributed by atoms with E-state index in [2.05, 4.69) is 0 Å². The molecule has 1 atom stereocenters. The normalized spacial score (nSPS) is 23.9. The topological polar surface area (TPSA) is 91.8 Å². The third-order valence-electron chi connectivity index (χ3n) is 6.22. The van der Waals surface area contributed by atoms with Crippen molar-refractivity contribution >= 4 is 42.8 Å². The van der Waals surface area contributed by atoms with Crippen LogP contribution in [0.25, 0.3) is 0 Å². The molecule has 0 saturated carbocycles. The van der Waals surface area contributed by atoms with Gasteiger partial charge in [-0.25, -0.2) is 16.8 Å². The highest BCUT2D eigenvalue weighted by atomic mass is 32.2. The molecular formula is C20H22N2O5S3. The lowest BCUT2D eigenvalue weighted by molar-refractivity contribution is -0.118. The fourth-order valence-corrected chi connectivity index (χ4v) is 9.36. The first kappa shape index (κ1) is 20.2. The van der Waals surface area contributed by atoms with E-state index in [-0.39, 0.29) is 36.1 Å². The molecule has 30 heavy (non-hydrogen) atoms. The average Bonchev–Trinajstić information content (AvgIpc) is 3.34. The third kappa shape index (κ3) is 3.21. The molecule has 1 aromatic heterocycles. The summed E-state index contributed by atoms with van der Waals surface area (Å²) in [4.78, 5) is 14.9. The van der Waals surface area contributed by atoms with Crippen LogP contribution in [0, 0.1) is 0 Å². The maximum absolute atomic E-state index is 13.4. The zero-order valence-corrected chi connectivity index (χ0v) is 18.7. The number of carbonyl (C=O) groups excluding carboxylic acids is 1. The lowest BCUT2D eigenvalue weighted by Gasteiger charge is -2.26. The quantitative estimate of drug-likeness (QED) is 0.691. The van der Waals surface area contributed by atoms with Gasteiger partial charge in [0.1, 0.15) is 0 Å². The van der Waals surface area contributed by atoms with Gasteiger partial charge in [-0.15, -0.1) is 11.3 Å². The lowest BCUT2D eigenvalue weighted by atomic mass is 10.00. The summed E-state index contributed by atoms with van der Waals surface area (Å²) < 4.78 is 53.7. The van der Waals surface area contributed by atoms with Gasteiger partial charge in [0.15, 0.2) is 9.84 Å². The first-order valence-electron chi connectivity index (χ1n) is 9.99. The number of carbonyl (C=O) groups is 1. The van der Waals surface area contributed by atoms with Crippen LogP contribution in [0.3, 0.4) is 0 Å². The first-order chi connectivity index (χ1) is 14.3. The van der Waals surface area contributed by atoms with E-state index in [4.69, 9.17) is 0 Å². The molecule has 1 unspecified atom stereocenters. The number of benzene rings is 1. The summed E-state index contributed by atoms with van der Waals surface area (Å²) in [7, 11) is -7.24. The minimum atomic E-state index is -3.82. The Labute approximate surface area is 180 Å². The van der Waals surface area contributed by atoms with Crippen molar-refractivity contribution in [2.75, 3.05) is 30.3 Å². The molecule has 0 N–H and O–H groups in total. The van der Waals surface area contributed by atoms with Gasteiger partial charge in [-0.1, -0.05) is 6.07 Å². The number of nitrogens with zero attached hydrogens (tertiary/aromatic N) is 2. The SMILES string of the molecule is O=C1CCc2cc(S(=O)(=O)N3CCC(c4cccs4)S(=O)(=O)CC3)cc3c2N1CC3. The minimum Gasteiger partial charge on any atom is -0.312 e. The van der Waals surface area contributed by atoms with Gasteiger partial charge < -0.3 is 4.90 Å². The molecule has 1 aromatic carbocycles. The van der Waals surface area contributed by atoms with Crippen molar-refractivity contribution in [2.45, 2.75) is 35.8 Å². The molecule has 0 aliphatic carbocycles. The molecular weight excluding hydrogens is 444 g/mol. The number of hydrogen-bond acceptors (Lipinski definition) is 6. The lowest BCUT2D eigenvalue weighted by Crippen LogP contribution is -2.34. The van der Waals surface area contributed by atoms with Crippen LogP contribution in [-0.2, 0) is 37.5 Å². The number of anilines is 1. The number of thiophene rings is 1. The fraction of sp³-hybridized carbons (Fsp3) is 0.450. The van der Waals surface area contributed by atoms with Crippen molar-refractivity contribution < 1.29 is 21.6 Å². The summed E-state index contributed by atoms with van der Waals surface area (Å²) in [5.74, 6) is -0.0938. The fourth-order valence-electron chi connectivity index (χ4n) is 4.68. The van der Waals surface area contributed by atoms with Crippen LogP contribution < -0.4 is 4.90 Å². The largest absolute Gasteiger partial charge is 0.312 e. The highest BCUT2D eigenvalue weighted by Crippen LogP contribution is 2.39. The molecule has 3 aliphatic rings. The molecule has 5 rings (SSSR count). The first-order valence-corrected chi connectivity index (χ1v) is 14.0. The molecule has 3 aliphatic heterocycles. The van der Waals surface area contributed by atoms with E-state index < -0.39 is 25.1 Å². The van der Waals surface area contributed by atoms with Gasteiger partial charge in [-0.2, -0.15) is 4.31 Å². The monoisotopic (exact) mass is 466 g/mol. The average molecular weight is 467 g/mol. The number of sulfonamides is 1. The van der Waals surface area contributed by atoms with E-state index in [0.29, 0.717) is 25.8 Å². The van der Waals surface area contributed by atoms with Crippen molar-refractivity contribution in [3.8, 4) is 0 Å². The predicted molar refractivity (Wildman–Crippen MR) is 115 cm³/mol. The molecule has 1 amide bonds. The molecule has 0 spiro atoms. The van der Waals surface area contributed by atoms with E-state index in [0.717, 1.165) is 21.7 Å². The highest BCUT2D eigenvalue weighted by molar-refractivity contribution is 7.92. The Morgan fingerprint density at radius 3 is 2.53 bits per heavy atom. The second kappa shape index (κ2) is 7.15.